The molecule has 1 saturated heterocycles. The Morgan fingerprint density at radius 2 is 2.05 bits per heavy atom. The fraction of sp³-hybridized carbons (Fsp3) is 0.429. The molecule has 0 bridgehead atoms. The van der Waals surface area contributed by atoms with E-state index < -0.39 is 17.5 Å². The highest BCUT2D eigenvalue weighted by Crippen LogP contribution is 2.32. The fourth-order valence-corrected chi connectivity index (χ4v) is 2.80. The maximum absolute atomic E-state index is 12.4. The Kier molecular flexibility index (Phi) is 4.64. The normalized spacial score (nSPS) is 22.0. The molecule has 0 radical (unpaired) electrons. The van der Waals surface area contributed by atoms with Crippen LogP contribution >= 0.6 is 23.2 Å². The molecule has 1 aliphatic heterocycles. The lowest BCUT2D eigenvalue weighted by molar-refractivity contribution is -0.150. The fourth-order valence-electron chi connectivity index (χ4n) is 2.45. The largest absolute Gasteiger partial charge is 0.480 e. The van der Waals surface area contributed by atoms with E-state index in [9.17, 15) is 14.7 Å². The second-order valence-corrected chi connectivity index (χ2v) is 6.00. The molecule has 0 spiro atoms. The molecule has 1 atom stereocenters. The number of benzene rings is 1. The van der Waals surface area contributed by atoms with E-state index in [1.54, 1.807) is 25.1 Å². The van der Waals surface area contributed by atoms with Gasteiger partial charge in [0.25, 0.3) is 0 Å². The van der Waals surface area contributed by atoms with Crippen LogP contribution in [0.15, 0.2) is 18.2 Å². The number of nitrogens with one attached hydrogen (secondary N) is 1. The standard InChI is InChI=1S/C14H16Cl2N2O3/c1-14(12(19)20)7-2-3-8-18(14)13(21)17-10-6-4-5-9(15)11(10)16/h4-6H,2-3,7-8H2,1H3,(H,17,21)(H,19,20). The number of carbonyl (C=O) groups is 2. The van der Waals surface area contributed by atoms with E-state index in [1.165, 1.54) is 4.90 Å². The van der Waals surface area contributed by atoms with Gasteiger partial charge >= 0.3 is 12.0 Å². The van der Waals surface area contributed by atoms with Crippen LogP contribution in [0.5, 0.6) is 0 Å². The van der Waals surface area contributed by atoms with Crippen molar-refractivity contribution in [2.24, 2.45) is 0 Å². The molecule has 1 unspecified atom stereocenters. The summed E-state index contributed by atoms with van der Waals surface area (Å²) in [4.78, 5) is 25.2. The molecule has 5 nitrogen and oxygen atoms in total. The van der Waals surface area contributed by atoms with Gasteiger partial charge in [0.1, 0.15) is 5.54 Å². The minimum Gasteiger partial charge on any atom is -0.480 e. The second-order valence-electron chi connectivity index (χ2n) is 5.22. The zero-order chi connectivity index (χ0) is 15.6. The number of amides is 2. The van der Waals surface area contributed by atoms with E-state index in [-0.39, 0.29) is 5.02 Å². The van der Waals surface area contributed by atoms with Crippen molar-refractivity contribution in [3.05, 3.63) is 28.2 Å². The first-order chi connectivity index (χ1) is 9.86. The molecule has 114 valence electrons. The van der Waals surface area contributed by atoms with Crippen LogP contribution in [0, 0.1) is 0 Å². The summed E-state index contributed by atoms with van der Waals surface area (Å²) in [6, 6.07) is 4.41. The lowest BCUT2D eigenvalue weighted by atomic mass is 9.89. The molecule has 1 aromatic carbocycles. The van der Waals surface area contributed by atoms with E-state index in [4.69, 9.17) is 23.2 Å². The lowest BCUT2D eigenvalue weighted by Crippen LogP contribution is -2.58. The third kappa shape index (κ3) is 3.09. The molecule has 2 amide bonds. The summed E-state index contributed by atoms with van der Waals surface area (Å²) in [5.74, 6) is -1.01. The van der Waals surface area contributed by atoms with Crippen LogP contribution < -0.4 is 5.32 Å². The summed E-state index contributed by atoms with van der Waals surface area (Å²) in [6.07, 6.45) is 1.99. The molecule has 0 aromatic heterocycles. The number of aliphatic carboxylic acids is 1. The summed E-state index contributed by atoms with van der Waals surface area (Å²) in [5.41, 5.74) is -0.833. The van der Waals surface area contributed by atoms with Crippen LogP contribution in [-0.2, 0) is 4.79 Å². The van der Waals surface area contributed by atoms with E-state index in [1.807, 2.05) is 0 Å². The number of urea groups is 1. The predicted molar refractivity (Wildman–Crippen MR) is 82.1 cm³/mol. The second kappa shape index (κ2) is 6.12. The Morgan fingerprint density at radius 3 is 2.71 bits per heavy atom. The zero-order valence-electron chi connectivity index (χ0n) is 11.5. The number of likely N-dealkylation sites (tertiary alicyclic amines) is 1. The molecule has 1 fully saturated rings. The van der Waals surface area contributed by atoms with E-state index in [0.717, 1.165) is 12.8 Å². The van der Waals surface area contributed by atoms with Crippen LogP contribution in [0.25, 0.3) is 0 Å². The van der Waals surface area contributed by atoms with Gasteiger partial charge in [0, 0.05) is 6.54 Å². The van der Waals surface area contributed by atoms with Crippen LogP contribution in [-0.4, -0.2) is 34.1 Å². The molecule has 7 heteroatoms. The first-order valence-corrected chi connectivity index (χ1v) is 7.38. The highest BCUT2D eigenvalue weighted by molar-refractivity contribution is 6.43. The average Bonchev–Trinajstić information content (AvgIpc) is 2.44. The van der Waals surface area contributed by atoms with Crippen LogP contribution in [0.2, 0.25) is 10.0 Å². The van der Waals surface area contributed by atoms with Crippen molar-refractivity contribution in [3.8, 4) is 0 Å². The van der Waals surface area contributed by atoms with Gasteiger partial charge in [-0.25, -0.2) is 9.59 Å². The van der Waals surface area contributed by atoms with E-state index in [2.05, 4.69) is 5.32 Å². The Morgan fingerprint density at radius 1 is 1.33 bits per heavy atom. The lowest BCUT2D eigenvalue weighted by Gasteiger charge is -2.41. The molecule has 0 aliphatic carbocycles. The quantitative estimate of drug-likeness (QED) is 0.865. The number of hydrogen-bond donors (Lipinski definition) is 2. The number of halogens is 2. The van der Waals surface area contributed by atoms with E-state index >= 15 is 0 Å². The Labute approximate surface area is 132 Å². The van der Waals surface area contributed by atoms with Crippen LogP contribution in [0.4, 0.5) is 10.5 Å². The maximum atomic E-state index is 12.4. The molecule has 1 heterocycles. The van der Waals surface area contributed by atoms with Gasteiger partial charge in [-0.3, -0.25) is 0 Å². The van der Waals surface area contributed by atoms with Gasteiger partial charge in [0.05, 0.1) is 15.7 Å². The van der Waals surface area contributed by atoms with Gasteiger partial charge in [-0.2, -0.15) is 0 Å². The number of carboxylic acids is 1. The molecule has 2 N–H and O–H groups in total. The molecule has 1 aliphatic rings. The van der Waals surface area contributed by atoms with Gasteiger partial charge < -0.3 is 15.3 Å². The number of piperidine rings is 1. The van der Waals surface area contributed by atoms with Gasteiger partial charge in [0.2, 0.25) is 0 Å². The summed E-state index contributed by atoms with van der Waals surface area (Å²) in [6.45, 7) is 1.96. The molecule has 1 aromatic rings. The number of anilines is 1. The number of carbonyl (C=O) groups excluding carboxylic acids is 1. The minimum absolute atomic E-state index is 0.238. The van der Waals surface area contributed by atoms with Crippen molar-refractivity contribution in [1.82, 2.24) is 4.90 Å². The number of carboxylic acid groups (broad SMARTS) is 1. The number of hydrogen-bond acceptors (Lipinski definition) is 2. The molecule has 2 rings (SSSR count). The zero-order valence-corrected chi connectivity index (χ0v) is 13.0. The summed E-state index contributed by atoms with van der Waals surface area (Å²) in [7, 11) is 0. The van der Waals surface area contributed by atoms with Gasteiger partial charge in [0.15, 0.2) is 0 Å². The average molecular weight is 331 g/mol. The Balaban J connectivity index is 2.22. The summed E-state index contributed by atoms with van der Waals surface area (Å²) < 4.78 is 0. The van der Waals surface area contributed by atoms with Crippen molar-refractivity contribution in [3.63, 3.8) is 0 Å². The molecule has 21 heavy (non-hydrogen) atoms. The minimum atomic E-state index is -1.20. The molecular weight excluding hydrogens is 315 g/mol. The SMILES string of the molecule is CC1(C(=O)O)CCCCN1C(=O)Nc1cccc(Cl)c1Cl. The van der Waals surface area contributed by atoms with Gasteiger partial charge in [-0.15, -0.1) is 0 Å². The van der Waals surface area contributed by atoms with Crippen LogP contribution in [0.3, 0.4) is 0 Å². The third-order valence-corrected chi connectivity index (χ3v) is 4.61. The smallest absolute Gasteiger partial charge is 0.329 e. The van der Waals surface area contributed by atoms with Crippen LogP contribution in [0.1, 0.15) is 26.2 Å². The Bertz CT molecular complexity index is 579. The van der Waals surface area contributed by atoms with Crippen molar-refractivity contribution in [2.75, 3.05) is 11.9 Å². The molecular formula is C14H16Cl2N2O3. The predicted octanol–water partition coefficient (Wildman–Crippen LogP) is 3.85. The van der Waals surface area contributed by atoms with Gasteiger partial charge in [-0.05, 0) is 38.3 Å². The van der Waals surface area contributed by atoms with E-state index in [0.29, 0.717) is 23.7 Å². The van der Waals surface area contributed by atoms with Crippen molar-refractivity contribution >= 4 is 40.9 Å². The Hall–Kier alpha value is -1.46. The number of nitrogens with zero attached hydrogens (tertiary/aromatic N) is 1. The van der Waals surface area contributed by atoms with Gasteiger partial charge in [-0.1, -0.05) is 29.3 Å². The van der Waals surface area contributed by atoms with Crippen molar-refractivity contribution < 1.29 is 14.7 Å². The first kappa shape index (κ1) is 15.9. The summed E-state index contributed by atoms with van der Waals surface area (Å²) >= 11 is 11.9. The third-order valence-electron chi connectivity index (χ3n) is 3.79. The first-order valence-electron chi connectivity index (χ1n) is 6.62. The topological polar surface area (TPSA) is 69.6 Å². The van der Waals surface area contributed by atoms with Crippen molar-refractivity contribution in [2.45, 2.75) is 31.7 Å². The maximum Gasteiger partial charge on any atom is 0.329 e. The summed E-state index contributed by atoms with van der Waals surface area (Å²) in [5, 5.41) is 12.6. The highest BCUT2D eigenvalue weighted by atomic mass is 35.5. The highest BCUT2D eigenvalue weighted by Gasteiger charge is 2.44. The van der Waals surface area contributed by atoms with Crippen molar-refractivity contribution in [1.29, 1.82) is 0 Å². The monoisotopic (exact) mass is 330 g/mol. The molecule has 0 saturated carbocycles. The number of rotatable bonds is 2.